The Bertz CT molecular complexity index is 482. The predicted molar refractivity (Wildman–Crippen MR) is 83.0 cm³/mol. The van der Waals surface area contributed by atoms with Gasteiger partial charge in [0.15, 0.2) is 0 Å². The van der Waals surface area contributed by atoms with E-state index in [2.05, 4.69) is 21.2 Å². The number of halogens is 1. The number of carboxylic acids is 1. The number of carboxylic acid groups (broad SMARTS) is 1. The minimum atomic E-state index is -0.908. The molecule has 0 aliphatic carbocycles. The van der Waals surface area contributed by atoms with Gasteiger partial charge in [-0.1, -0.05) is 0 Å². The molecule has 0 aliphatic heterocycles. The molecule has 0 fully saturated rings. The van der Waals surface area contributed by atoms with E-state index in [0.29, 0.717) is 6.54 Å². The van der Waals surface area contributed by atoms with Crippen molar-refractivity contribution in [3.8, 4) is 0 Å². The van der Waals surface area contributed by atoms with Crippen LogP contribution in [-0.2, 0) is 11.3 Å². The fraction of sp³-hybridized carbons (Fsp3) is 0.538. The van der Waals surface area contributed by atoms with E-state index in [-0.39, 0.29) is 19.0 Å². The van der Waals surface area contributed by atoms with Gasteiger partial charge in [-0.05, 0) is 48.8 Å². The molecule has 112 valence electrons. The van der Waals surface area contributed by atoms with Gasteiger partial charge in [0.1, 0.15) is 0 Å². The summed E-state index contributed by atoms with van der Waals surface area (Å²) < 4.78 is 1.01. The second kappa shape index (κ2) is 7.08. The maximum atomic E-state index is 12.2. The Kier molecular flexibility index (Phi) is 6.01. The van der Waals surface area contributed by atoms with Crippen molar-refractivity contribution in [1.29, 1.82) is 0 Å². The highest BCUT2D eigenvalue weighted by Crippen LogP contribution is 2.22. The molecular formula is C13H19BrN2O3S. The zero-order valence-corrected chi connectivity index (χ0v) is 14.2. The first-order chi connectivity index (χ1) is 9.20. The van der Waals surface area contributed by atoms with Crippen molar-refractivity contribution in [1.82, 2.24) is 10.2 Å². The first-order valence-corrected chi connectivity index (χ1v) is 7.82. The number of carbonyl (C=O) groups is 2. The number of nitrogens with zero attached hydrogens (tertiary/aromatic N) is 1. The van der Waals surface area contributed by atoms with E-state index in [0.717, 1.165) is 8.66 Å². The van der Waals surface area contributed by atoms with Crippen LogP contribution >= 0.6 is 27.3 Å². The molecule has 1 heterocycles. The molecule has 2 amide bonds. The monoisotopic (exact) mass is 362 g/mol. The number of nitrogens with one attached hydrogen (secondary N) is 1. The topological polar surface area (TPSA) is 69.6 Å². The molecule has 2 N–H and O–H groups in total. The van der Waals surface area contributed by atoms with Crippen molar-refractivity contribution in [2.45, 2.75) is 39.3 Å². The average molecular weight is 363 g/mol. The quantitative estimate of drug-likeness (QED) is 0.843. The molecular weight excluding hydrogens is 344 g/mol. The molecule has 1 aromatic rings. The largest absolute Gasteiger partial charge is 0.481 e. The molecule has 7 heteroatoms. The lowest BCUT2D eigenvalue weighted by atomic mass is 10.1. The van der Waals surface area contributed by atoms with Crippen LogP contribution < -0.4 is 5.32 Å². The van der Waals surface area contributed by atoms with E-state index in [1.54, 1.807) is 16.2 Å². The van der Waals surface area contributed by atoms with Crippen LogP contribution in [0, 0.1) is 0 Å². The number of aliphatic carboxylic acids is 1. The van der Waals surface area contributed by atoms with Crippen LogP contribution in [0.25, 0.3) is 0 Å². The van der Waals surface area contributed by atoms with Gasteiger partial charge in [-0.3, -0.25) is 4.79 Å². The van der Waals surface area contributed by atoms with Crippen LogP contribution in [0.3, 0.4) is 0 Å². The summed E-state index contributed by atoms with van der Waals surface area (Å²) in [6.07, 6.45) is -0.0603. The number of urea groups is 1. The van der Waals surface area contributed by atoms with Crippen LogP contribution in [0.15, 0.2) is 15.9 Å². The molecule has 0 radical (unpaired) electrons. The molecule has 1 aromatic heterocycles. The first kappa shape index (κ1) is 17.0. The molecule has 5 nitrogen and oxygen atoms in total. The Morgan fingerprint density at radius 3 is 2.50 bits per heavy atom. The Labute approximate surface area is 131 Å². The fourth-order valence-electron chi connectivity index (χ4n) is 1.65. The second-order valence-electron chi connectivity index (χ2n) is 5.33. The summed E-state index contributed by atoms with van der Waals surface area (Å²) in [5.74, 6) is -0.908. The summed E-state index contributed by atoms with van der Waals surface area (Å²) in [5.41, 5.74) is -0.421. The van der Waals surface area contributed by atoms with E-state index in [4.69, 9.17) is 5.11 Å². The van der Waals surface area contributed by atoms with E-state index >= 15 is 0 Å². The summed E-state index contributed by atoms with van der Waals surface area (Å²) in [5, 5.41) is 11.6. The summed E-state index contributed by atoms with van der Waals surface area (Å²) in [6.45, 7) is 6.29. The summed E-state index contributed by atoms with van der Waals surface area (Å²) >= 11 is 4.93. The number of amides is 2. The van der Waals surface area contributed by atoms with Gasteiger partial charge in [0.2, 0.25) is 0 Å². The second-order valence-corrected chi connectivity index (χ2v) is 7.88. The van der Waals surface area contributed by atoms with Crippen LogP contribution in [0.4, 0.5) is 4.79 Å². The Morgan fingerprint density at radius 2 is 2.05 bits per heavy atom. The normalized spacial score (nSPS) is 11.2. The fourth-order valence-corrected chi connectivity index (χ4v) is 3.08. The van der Waals surface area contributed by atoms with Gasteiger partial charge in [-0.2, -0.15) is 0 Å². The summed E-state index contributed by atoms with van der Waals surface area (Å²) in [7, 11) is 0. The molecule has 20 heavy (non-hydrogen) atoms. The van der Waals surface area contributed by atoms with Crippen molar-refractivity contribution < 1.29 is 14.7 Å². The maximum Gasteiger partial charge on any atom is 0.318 e. The molecule has 1 rings (SSSR count). The van der Waals surface area contributed by atoms with Crippen molar-refractivity contribution in [2.24, 2.45) is 0 Å². The van der Waals surface area contributed by atoms with Crippen LogP contribution in [0.5, 0.6) is 0 Å². The molecule has 0 aliphatic rings. The predicted octanol–water partition coefficient (Wildman–Crippen LogP) is 3.30. The number of rotatable bonds is 5. The third-order valence-corrected chi connectivity index (χ3v) is 4.27. The highest BCUT2D eigenvalue weighted by molar-refractivity contribution is 9.11. The molecule has 0 aromatic carbocycles. The molecule has 0 spiro atoms. The summed E-state index contributed by atoms with van der Waals surface area (Å²) in [4.78, 5) is 25.5. The van der Waals surface area contributed by atoms with Gasteiger partial charge in [0.05, 0.1) is 16.8 Å². The van der Waals surface area contributed by atoms with Crippen LogP contribution in [-0.4, -0.2) is 34.1 Å². The molecule has 0 saturated heterocycles. The Morgan fingerprint density at radius 1 is 1.40 bits per heavy atom. The summed E-state index contributed by atoms with van der Waals surface area (Å²) in [6, 6.07) is 3.62. The van der Waals surface area contributed by atoms with Crippen LogP contribution in [0.2, 0.25) is 0 Å². The number of thiophene rings is 1. The first-order valence-electron chi connectivity index (χ1n) is 6.21. The Hall–Kier alpha value is -1.08. The van der Waals surface area contributed by atoms with Gasteiger partial charge in [-0.25, -0.2) is 4.79 Å². The van der Waals surface area contributed by atoms with Gasteiger partial charge in [-0.15, -0.1) is 11.3 Å². The van der Waals surface area contributed by atoms with Gasteiger partial charge >= 0.3 is 12.0 Å². The highest BCUT2D eigenvalue weighted by atomic mass is 79.9. The number of hydrogen-bond donors (Lipinski definition) is 2. The van der Waals surface area contributed by atoms with Gasteiger partial charge in [0.25, 0.3) is 0 Å². The third-order valence-electron chi connectivity index (χ3n) is 2.65. The van der Waals surface area contributed by atoms with Crippen molar-refractivity contribution in [2.75, 3.05) is 6.54 Å². The van der Waals surface area contributed by atoms with E-state index in [1.165, 1.54) is 0 Å². The van der Waals surface area contributed by atoms with Crippen molar-refractivity contribution in [3.63, 3.8) is 0 Å². The van der Waals surface area contributed by atoms with Gasteiger partial charge in [0, 0.05) is 17.0 Å². The SMILES string of the molecule is CC(C)(C)N(CCC(=O)O)C(=O)NCc1ccc(Br)s1. The van der Waals surface area contributed by atoms with Crippen molar-refractivity contribution in [3.05, 3.63) is 20.8 Å². The lowest BCUT2D eigenvalue weighted by Gasteiger charge is -2.35. The standard InChI is InChI=1S/C13H19BrN2O3S/c1-13(2,3)16(7-6-11(17)18)12(19)15-8-9-4-5-10(14)20-9/h4-5H,6-8H2,1-3H3,(H,15,19)(H,17,18). The highest BCUT2D eigenvalue weighted by Gasteiger charge is 2.26. The number of carbonyl (C=O) groups excluding carboxylic acids is 1. The molecule has 0 atom stereocenters. The van der Waals surface area contributed by atoms with Crippen LogP contribution in [0.1, 0.15) is 32.1 Å². The number of hydrogen-bond acceptors (Lipinski definition) is 3. The average Bonchev–Trinajstić information content (AvgIpc) is 2.70. The van der Waals surface area contributed by atoms with Crippen molar-refractivity contribution >= 4 is 39.3 Å². The van der Waals surface area contributed by atoms with E-state index < -0.39 is 11.5 Å². The van der Waals surface area contributed by atoms with E-state index in [9.17, 15) is 9.59 Å². The minimum absolute atomic E-state index is 0.0603. The lowest BCUT2D eigenvalue weighted by Crippen LogP contribution is -2.50. The Balaban J connectivity index is 2.61. The zero-order chi connectivity index (χ0) is 15.3. The minimum Gasteiger partial charge on any atom is -0.481 e. The zero-order valence-electron chi connectivity index (χ0n) is 11.8. The molecule has 0 saturated carbocycles. The maximum absolute atomic E-state index is 12.2. The third kappa shape index (κ3) is 5.50. The molecule has 0 bridgehead atoms. The van der Waals surface area contributed by atoms with E-state index in [1.807, 2.05) is 32.9 Å². The molecule has 0 unspecified atom stereocenters. The lowest BCUT2D eigenvalue weighted by molar-refractivity contribution is -0.137. The smallest absolute Gasteiger partial charge is 0.318 e. The van der Waals surface area contributed by atoms with Gasteiger partial charge < -0.3 is 15.3 Å².